The average Bonchev–Trinajstić information content (AvgIpc) is 2.77. The number of hydrogen-bond donors (Lipinski definition) is 1. The predicted octanol–water partition coefficient (Wildman–Crippen LogP) is 7.60. The Labute approximate surface area is 193 Å². The first-order valence-corrected chi connectivity index (χ1v) is 13.5. The molecule has 0 spiro atoms. The molecule has 0 aliphatic carbocycles. The van der Waals surface area contributed by atoms with Gasteiger partial charge in [0.1, 0.15) is 12.7 Å². The van der Waals surface area contributed by atoms with Gasteiger partial charge in [0.05, 0.1) is 6.61 Å². The van der Waals surface area contributed by atoms with Crippen molar-refractivity contribution in [2.24, 2.45) is 5.92 Å². The number of carbonyl (C=O) groups excluding carboxylic acids is 1. The molecule has 0 aliphatic heterocycles. The molecule has 0 fully saturated rings. The molecular formula is C27H54O4. The Morgan fingerprint density at radius 1 is 0.677 bits per heavy atom. The summed E-state index contributed by atoms with van der Waals surface area (Å²) in [6.45, 7) is 7.61. The summed E-state index contributed by atoms with van der Waals surface area (Å²) in [5.41, 5.74) is 0. The molecule has 0 aromatic carbocycles. The van der Waals surface area contributed by atoms with Gasteiger partial charge in [-0.05, 0) is 18.8 Å². The smallest absolute Gasteiger partial charge is 0.305 e. The topological polar surface area (TPSA) is 55.8 Å². The molecule has 186 valence electrons. The van der Waals surface area contributed by atoms with Crippen molar-refractivity contribution >= 4 is 5.97 Å². The SMILES string of the molecule is CCCCCCCCCCCCCCCC(=O)OC[C@H](O)COC[C@H](CC)CCCC. The first-order valence-electron chi connectivity index (χ1n) is 13.5. The molecule has 4 nitrogen and oxygen atoms in total. The lowest BCUT2D eigenvalue weighted by atomic mass is 10.0. The summed E-state index contributed by atoms with van der Waals surface area (Å²) in [6, 6.07) is 0. The van der Waals surface area contributed by atoms with E-state index in [1.807, 2.05) is 0 Å². The van der Waals surface area contributed by atoms with E-state index in [1.165, 1.54) is 89.9 Å². The van der Waals surface area contributed by atoms with E-state index in [0.29, 0.717) is 18.9 Å². The fraction of sp³-hybridized carbons (Fsp3) is 0.963. The van der Waals surface area contributed by atoms with Gasteiger partial charge >= 0.3 is 5.97 Å². The monoisotopic (exact) mass is 442 g/mol. The second kappa shape index (κ2) is 24.0. The molecule has 0 saturated carbocycles. The first kappa shape index (κ1) is 30.4. The molecule has 0 amide bonds. The number of aliphatic hydroxyl groups excluding tert-OH is 1. The minimum Gasteiger partial charge on any atom is -0.463 e. The van der Waals surface area contributed by atoms with Crippen LogP contribution < -0.4 is 0 Å². The van der Waals surface area contributed by atoms with Crippen LogP contribution in [0.5, 0.6) is 0 Å². The van der Waals surface area contributed by atoms with Gasteiger partial charge in [0.25, 0.3) is 0 Å². The zero-order valence-corrected chi connectivity index (χ0v) is 21.2. The Hall–Kier alpha value is -0.610. The van der Waals surface area contributed by atoms with Gasteiger partial charge in [-0.25, -0.2) is 0 Å². The largest absolute Gasteiger partial charge is 0.463 e. The third kappa shape index (κ3) is 22.4. The summed E-state index contributed by atoms with van der Waals surface area (Å²) >= 11 is 0. The van der Waals surface area contributed by atoms with E-state index in [2.05, 4.69) is 20.8 Å². The molecule has 0 saturated heterocycles. The Bertz CT molecular complexity index is 372. The Morgan fingerprint density at radius 3 is 1.71 bits per heavy atom. The molecule has 0 bridgehead atoms. The van der Waals surface area contributed by atoms with Crippen LogP contribution in [-0.2, 0) is 14.3 Å². The number of ether oxygens (including phenoxy) is 2. The zero-order valence-electron chi connectivity index (χ0n) is 21.2. The highest BCUT2D eigenvalue weighted by Crippen LogP contribution is 2.14. The van der Waals surface area contributed by atoms with E-state index in [-0.39, 0.29) is 19.2 Å². The molecule has 0 aromatic rings. The highest BCUT2D eigenvalue weighted by atomic mass is 16.5. The quantitative estimate of drug-likeness (QED) is 0.123. The molecule has 0 aliphatic rings. The van der Waals surface area contributed by atoms with Crippen LogP contribution in [0.15, 0.2) is 0 Å². The highest BCUT2D eigenvalue weighted by molar-refractivity contribution is 5.69. The van der Waals surface area contributed by atoms with Crippen LogP contribution in [0.4, 0.5) is 0 Å². The highest BCUT2D eigenvalue weighted by Gasteiger charge is 2.11. The number of carbonyl (C=O) groups is 1. The van der Waals surface area contributed by atoms with E-state index in [0.717, 1.165) is 19.3 Å². The number of aliphatic hydroxyl groups is 1. The minimum absolute atomic E-state index is 0.0447. The summed E-state index contributed by atoms with van der Waals surface area (Å²) in [7, 11) is 0. The molecular weight excluding hydrogens is 388 g/mol. The predicted molar refractivity (Wildman–Crippen MR) is 131 cm³/mol. The lowest BCUT2D eigenvalue weighted by Gasteiger charge is -2.17. The van der Waals surface area contributed by atoms with Crippen molar-refractivity contribution < 1.29 is 19.4 Å². The molecule has 0 unspecified atom stereocenters. The number of hydrogen-bond acceptors (Lipinski definition) is 4. The molecule has 0 rings (SSSR count). The first-order chi connectivity index (χ1) is 15.1. The van der Waals surface area contributed by atoms with Crippen LogP contribution in [0, 0.1) is 5.92 Å². The third-order valence-electron chi connectivity index (χ3n) is 6.13. The Kier molecular flexibility index (Phi) is 23.6. The van der Waals surface area contributed by atoms with Gasteiger partial charge in [0, 0.05) is 13.0 Å². The van der Waals surface area contributed by atoms with Gasteiger partial charge in [-0.15, -0.1) is 0 Å². The molecule has 0 aromatic heterocycles. The van der Waals surface area contributed by atoms with Crippen LogP contribution in [-0.4, -0.2) is 37.0 Å². The van der Waals surface area contributed by atoms with Gasteiger partial charge in [0.2, 0.25) is 0 Å². The third-order valence-corrected chi connectivity index (χ3v) is 6.13. The minimum atomic E-state index is -0.723. The maximum Gasteiger partial charge on any atom is 0.305 e. The summed E-state index contributed by atoms with van der Waals surface area (Å²) < 4.78 is 10.8. The maximum absolute atomic E-state index is 11.8. The van der Waals surface area contributed by atoms with Crippen LogP contribution in [0.25, 0.3) is 0 Å². The van der Waals surface area contributed by atoms with Crippen molar-refractivity contribution in [3.8, 4) is 0 Å². The molecule has 31 heavy (non-hydrogen) atoms. The van der Waals surface area contributed by atoms with E-state index in [1.54, 1.807) is 0 Å². The lowest BCUT2D eigenvalue weighted by Crippen LogP contribution is -2.25. The fourth-order valence-corrected chi connectivity index (χ4v) is 3.87. The Balaban J connectivity index is 3.42. The van der Waals surface area contributed by atoms with Gasteiger partial charge in [0.15, 0.2) is 0 Å². The van der Waals surface area contributed by atoms with Crippen molar-refractivity contribution in [2.45, 2.75) is 142 Å². The van der Waals surface area contributed by atoms with E-state index in [4.69, 9.17) is 9.47 Å². The Morgan fingerprint density at radius 2 is 1.19 bits per heavy atom. The van der Waals surface area contributed by atoms with E-state index in [9.17, 15) is 9.90 Å². The maximum atomic E-state index is 11.8. The van der Waals surface area contributed by atoms with Crippen LogP contribution >= 0.6 is 0 Å². The van der Waals surface area contributed by atoms with Crippen LogP contribution in [0.2, 0.25) is 0 Å². The summed E-state index contributed by atoms with van der Waals surface area (Å²) in [4.78, 5) is 11.8. The van der Waals surface area contributed by atoms with Crippen molar-refractivity contribution in [3.63, 3.8) is 0 Å². The average molecular weight is 443 g/mol. The number of unbranched alkanes of at least 4 members (excludes halogenated alkanes) is 13. The molecule has 4 heteroatoms. The molecule has 1 N–H and O–H groups in total. The van der Waals surface area contributed by atoms with Crippen LogP contribution in [0.1, 0.15) is 136 Å². The molecule has 0 radical (unpaired) electrons. The fourth-order valence-electron chi connectivity index (χ4n) is 3.87. The van der Waals surface area contributed by atoms with Gasteiger partial charge in [-0.1, -0.05) is 117 Å². The van der Waals surface area contributed by atoms with Crippen molar-refractivity contribution in [3.05, 3.63) is 0 Å². The second-order valence-electron chi connectivity index (χ2n) is 9.28. The summed E-state index contributed by atoms with van der Waals surface area (Å²) in [5.74, 6) is 0.363. The molecule has 0 heterocycles. The lowest BCUT2D eigenvalue weighted by molar-refractivity contribution is -0.148. The number of rotatable bonds is 24. The van der Waals surface area contributed by atoms with E-state index >= 15 is 0 Å². The van der Waals surface area contributed by atoms with Gasteiger partial charge in [-0.2, -0.15) is 0 Å². The van der Waals surface area contributed by atoms with E-state index < -0.39 is 6.10 Å². The van der Waals surface area contributed by atoms with Gasteiger partial charge < -0.3 is 14.6 Å². The summed E-state index contributed by atoms with van der Waals surface area (Å²) in [6.07, 6.45) is 21.3. The van der Waals surface area contributed by atoms with Crippen LogP contribution in [0.3, 0.4) is 0 Å². The van der Waals surface area contributed by atoms with Gasteiger partial charge in [-0.3, -0.25) is 4.79 Å². The standard InChI is InChI=1S/C27H54O4/c1-4-7-9-10-11-12-13-14-15-16-17-18-19-21-27(29)31-24-26(28)23-30-22-25(6-3)20-8-5-2/h25-26,28H,4-24H2,1-3H3/t25-,26-/m1/s1. The second-order valence-corrected chi connectivity index (χ2v) is 9.28. The number of esters is 1. The van der Waals surface area contributed by atoms with Crippen molar-refractivity contribution in [1.29, 1.82) is 0 Å². The molecule has 2 atom stereocenters. The van der Waals surface area contributed by atoms with Crippen molar-refractivity contribution in [1.82, 2.24) is 0 Å². The summed E-state index contributed by atoms with van der Waals surface area (Å²) in [5, 5.41) is 9.94. The normalized spacial score (nSPS) is 13.3. The van der Waals surface area contributed by atoms with Crippen molar-refractivity contribution in [2.75, 3.05) is 19.8 Å². The zero-order chi connectivity index (χ0) is 23.0.